The highest BCUT2D eigenvalue weighted by molar-refractivity contribution is 7.80. The summed E-state index contributed by atoms with van der Waals surface area (Å²) in [6, 6.07) is 21.3. The molecule has 1 fully saturated rings. The van der Waals surface area contributed by atoms with Crippen LogP contribution in [0.5, 0.6) is 0 Å². The van der Waals surface area contributed by atoms with Crippen LogP contribution in [0.3, 0.4) is 0 Å². The van der Waals surface area contributed by atoms with Crippen molar-refractivity contribution in [1.29, 1.82) is 0 Å². The summed E-state index contributed by atoms with van der Waals surface area (Å²) in [4.78, 5) is 0. The van der Waals surface area contributed by atoms with Gasteiger partial charge in [0.05, 0.1) is 6.61 Å². The Kier molecular flexibility index (Phi) is 11.1. The van der Waals surface area contributed by atoms with E-state index in [0.29, 0.717) is 30.5 Å². The van der Waals surface area contributed by atoms with Gasteiger partial charge in [0.2, 0.25) is 0 Å². The molecule has 0 spiro atoms. The summed E-state index contributed by atoms with van der Waals surface area (Å²) in [6.07, 6.45) is 1.44. The topological polar surface area (TPSA) is 49.0 Å². The molecule has 1 aliphatic rings. The van der Waals surface area contributed by atoms with Gasteiger partial charge in [-0.2, -0.15) is 0 Å². The Morgan fingerprint density at radius 3 is 2.10 bits per heavy atom. The molecule has 1 aliphatic heterocycles. The quantitative estimate of drug-likeness (QED) is 0.202. The maximum Gasteiger partial charge on any atom is 0.261 e. The fraction of sp³-hybridized carbons (Fsp3) is 0.531. The molecular weight excluding hydrogens is 523 g/mol. The average Bonchev–Trinajstić information content (AvgIpc) is 3.16. The van der Waals surface area contributed by atoms with Gasteiger partial charge in [-0.15, -0.1) is 6.58 Å². The lowest BCUT2D eigenvalue weighted by atomic mass is 9.91. The lowest BCUT2D eigenvalue weighted by molar-refractivity contribution is -0.114. The zero-order valence-electron chi connectivity index (χ0n) is 24.7. The highest BCUT2D eigenvalue weighted by Crippen LogP contribution is 2.42. The summed E-state index contributed by atoms with van der Waals surface area (Å²) >= 11 is 5.38. The second-order valence-corrected chi connectivity index (χ2v) is 16.8. The van der Waals surface area contributed by atoms with Crippen LogP contribution in [-0.4, -0.2) is 64.1 Å². The smallest absolute Gasteiger partial charge is 0.261 e. The Morgan fingerprint density at radius 2 is 1.67 bits per heavy atom. The van der Waals surface area contributed by atoms with Crippen LogP contribution in [0.4, 0.5) is 0 Å². The molecule has 0 bridgehead atoms. The van der Waals surface area contributed by atoms with E-state index in [-0.39, 0.29) is 17.2 Å². The maximum atomic E-state index is 7.36. The van der Waals surface area contributed by atoms with Crippen molar-refractivity contribution in [1.82, 2.24) is 5.32 Å². The van der Waals surface area contributed by atoms with Crippen molar-refractivity contribution in [3.8, 4) is 0 Å². The molecule has 1 saturated heterocycles. The second kappa shape index (κ2) is 13.7. The monoisotopic (exact) mass is 569 g/mol. The Balaban J connectivity index is 2.08. The van der Waals surface area contributed by atoms with Gasteiger partial charge in [-0.1, -0.05) is 101 Å². The lowest BCUT2D eigenvalue weighted by Gasteiger charge is -2.45. The summed E-state index contributed by atoms with van der Waals surface area (Å²) in [5, 5.41) is 6.30. The minimum absolute atomic E-state index is 0.161. The molecule has 2 aromatic rings. The van der Waals surface area contributed by atoms with Crippen molar-refractivity contribution in [2.24, 2.45) is 5.92 Å². The van der Waals surface area contributed by atoms with E-state index in [4.69, 9.17) is 30.9 Å². The van der Waals surface area contributed by atoms with Crippen LogP contribution in [0.1, 0.15) is 48.0 Å². The predicted molar refractivity (Wildman–Crippen MR) is 168 cm³/mol. The number of nitrogens with one attached hydrogen (secondary N) is 1. The first kappa shape index (κ1) is 31.7. The fourth-order valence-corrected chi connectivity index (χ4v) is 10.6. The maximum absolute atomic E-state index is 7.36. The van der Waals surface area contributed by atoms with Gasteiger partial charge in [0.25, 0.3) is 8.32 Å². The third kappa shape index (κ3) is 7.07. The lowest BCUT2D eigenvalue weighted by Crippen LogP contribution is -2.68. The molecule has 7 heteroatoms. The zero-order chi connectivity index (χ0) is 28.7. The molecule has 214 valence electrons. The molecule has 3 rings (SSSR count). The van der Waals surface area contributed by atoms with Gasteiger partial charge >= 0.3 is 0 Å². The normalized spacial score (nSPS) is 23.6. The number of ether oxygens (including phenoxy) is 3. The van der Waals surface area contributed by atoms with Gasteiger partial charge < -0.3 is 24.0 Å². The van der Waals surface area contributed by atoms with Crippen LogP contribution < -0.4 is 15.7 Å². The van der Waals surface area contributed by atoms with Crippen LogP contribution in [0.2, 0.25) is 5.04 Å². The minimum Gasteiger partial charge on any atom is -0.479 e. The molecule has 0 aromatic heterocycles. The Hall–Kier alpha value is -1.87. The highest BCUT2D eigenvalue weighted by Gasteiger charge is 2.59. The summed E-state index contributed by atoms with van der Waals surface area (Å²) in [7, 11) is -1.09. The van der Waals surface area contributed by atoms with E-state index in [1.807, 2.05) is 6.08 Å². The van der Waals surface area contributed by atoms with Crippen molar-refractivity contribution in [3.63, 3.8) is 0 Å². The van der Waals surface area contributed by atoms with E-state index in [1.54, 1.807) is 14.0 Å². The van der Waals surface area contributed by atoms with Crippen LogP contribution in [0, 0.1) is 5.92 Å². The van der Waals surface area contributed by atoms with E-state index in [9.17, 15) is 0 Å². The number of rotatable bonds is 13. The molecule has 0 unspecified atom stereocenters. The second-order valence-electron chi connectivity index (χ2n) is 11.9. The summed E-state index contributed by atoms with van der Waals surface area (Å²) in [5.41, 5.74) is -0.789. The van der Waals surface area contributed by atoms with Gasteiger partial charge in [-0.25, -0.2) is 0 Å². The highest BCUT2D eigenvalue weighted by atomic mass is 32.1. The molecule has 0 aliphatic carbocycles. The number of hydrogen-bond donors (Lipinski definition) is 1. The van der Waals surface area contributed by atoms with E-state index in [0.717, 1.165) is 6.54 Å². The van der Waals surface area contributed by atoms with Crippen LogP contribution >= 0.6 is 12.2 Å². The third-order valence-corrected chi connectivity index (χ3v) is 12.5. The molecular formula is C32H47NO4SSi. The zero-order valence-corrected chi connectivity index (χ0v) is 26.6. The van der Waals surface area contributed by atoms with Gasteiger partial charge in [-0.05, 0) is 46.5 Å². The molecule has 39 heavy (non-hydrogen) atoms. The first-order chi connectivity index (χ1) is 18.5. The van der Waals surface area contributed by atoms with Crippen molar-refractivity contribution in [2.45, 2.75) is 76.9 Å². The Morgan fingerprint density at radius 1 is 1.10 bits per heavy atom. The number of hydrogen-bond acceptors (Lipinski definition) is 6. The largest absolute Gasteiger partial charge is 0.479 e. The first-order valence-electron chi connectivity index (χ1n) is 13.9. The van der Waals surface area contributed by atoms with Gasteiger partial charge in [-0.3, -0.25) is 0 Å². The Labute approximate surface area is 242 Å². The van der Waals surface area contributed by atoms with Crippen LogP contribution in [0.15, 0.2) is 73.3 Å². The predicted octanol–water partition coefficient (Wildman–Crippen LogP) is 5.27. The van der Waals surface area contributed by atoms with E-state index in [1.165, 1.54) is 10.4 Å². The average molecular weight is 570 g/mol. The van der Waals surface area contributed by atoms with E-state index >= 15 is 0 Å². The SMILES string of the molecule is C=CC[C@]1(CO[Si](c2ccccc2)(c2ccccc2)C(C)(C)C)O[C@@H](CNCC(C)C)[C@H](OC(C)=S)[C@@H]1OC. The van der Waals surface area contributed by atoms with Gasteiger partial charge in [0.1, 0.15) is 17.8 Å². The molecule has 0 saturated carbocycles. The van der Waals surface area contributed by atoms with Crippen molar-refractivity contribution in [2.75, 3.05) is 26.8 Å². The molecule has 0 radical (unpaired) electrons. The molecule has 4 atom stereocenters. The van der Waals surface area contributed by atoms with Crippen molar-refractivity contribution < 1.29 is 18.6 Å². The van der Waals surface area contributed by atoms with E-state index < -0.39 is 20.0 Å². The third-order valence-electron chi connectivity index (χ3n) is 7.46. The number of methoxy groups -OCH3 is 1. The van der Waals surface area contributed by atoms with Gasteiger partial charge in [0.15, 0.2) is 11.2 Å². The van der Waals surface area contributed by atoms with Crippen molar-refractivity contribution >= 4 is 36.0 Å². The van der Waals surface area contributed by atoms with Crippen molar-refractivity contribution in [3.05, 3.63) is 73.3 Å². The molecule has 2 aromatic carbocycles. The first-order valence-corrected chi connectivity index (χ1v) is 16.3. The molecule has 1 N–H and O–H groups in total. The van der Waals surface area contributed by atoms with Gasteiger partial charge in [0, 0.05) is 20.6 Å². The Bertz CT molecular complexity index is 1020. The molecule has 5 nitrogen and oxygen atoms in total. The summed E-state index contributed by atoms with van der Waals surface area (Å²) in [6.45, 7) is 18.9. The molecule has 0 amide bonds. The summed E-state index contributed by atoms with van der Waals surface area (Å²) in [5.74, 6) is 0.521. The standard InChI is InChI=1S/C32H47NO4SSi/c1-9-20-32(30(34-8)29(36-25(4)38)28(37-32)22-33-21-24(2)3)23-35-39(31(5,6)7,26-16-12-10-13-17-26)27-18-14-11-15-19-27/h9-19,24,28-30,33H,1,20-23H2,2-8H3/t28-,29-,30-,32+/m0/s1. The van der Waals surface area contributed by atoms with Crippen LogP contribution in [0.25, 0.3) is 0 Å². The fourth-order valence-electron chi connectivity index (χ4n) is 5.86. The minimum atomic E-state index is -2.80. The van der Waals surface area contributed by atoms with Crippen LogP contribution in [-0.2, 0) is 18.6 Å². The number of thiocarbonyl (C=S) groups is 1. The molecule has 1 heterocycles. The van der Waals surface area contributed by atoms with E-state index in [2.05, 4.69) is 107 Å². The number of benzene rings is 2. The summed E-state index contributed by atoms with van der Waals surface area (Å²) < 4.78 is 26.7.